The fraction of sp³-hybridized carbons (Fsp3) is 0.375. The Labute approximate surface area is 74.7 Å². The third-order valence-corrected chi connectivity index (χ3v) is 1.76. The van der Waals surface area contributed by atoms with E-state index in [4.69, 9.17) is 5.26 Å². The predicted octanol–water partition coefficient (Wildman–Crippen LogP) is 0.493. The molecule has 0 amide bonds. The number of rotatable bonds is 2. The molecule has 0 saturated heterocycles. The van der Waals surface area contributed by atoms with E-state index in [0.29, 0.717) is 0 Å². The van der Waals surface area contributed by atoms with Gasteiger partial charge in [0.1, 0.15) is 0 Å². The number of aromatic hydroxyl groups is 1. The van der Waals surface area contributed by atoms with Gasteiger partial charge in [-0.05, 0) is 0 Å². The van der Waals surface area contributed by atoms with Gasteiger partial charge in [0, 0.05) is 12.3 Å². The minimum atomic E-state index is -0.393. The number of nitriles is 1. The molecule has 1 unspecified atom stereocenters. The van der Waals surface area contributed by atoms with E-state index in [0.717, 1.165) is 6.33 Å². The third kappa shape index (κ3) is 1.85. The Morgan fingerprint density at radius 3 is 3.08 bits per heavy atom. The van der Waals surface area contributed by atoms with Gasteiger partial charge in [0.15, 0.2) is 0 Å². The van der Waals surface area contributed by atoms with Crippen LogP contribution in [0.3, 0.4) is 0 Å². The topological polar surface area (TPSA) is 89.8 Å². The van der Waals surface area contributed by atoms with Crippen molar-refractivity contribution in [1.82, 2.24) is 9.97 Å². The number of aromatic amines is 1. The molecule has 68 valence electrons. The highest BCUT2D eigenvalue weighted by Crippen LogP contribution is 2.20. The number of H-pyrrole nitrogens is 1. The van der Waals surface area contributed by atoms with E-state index in [2.05, 4.69) is 9.97 Å². The lowest BCUT2D eigenvalue weighted by atomic mass is 10.0. The van der Waals surface area contributed by atoms with E-state index in [1.54, 1.807) is 6.92 Å². The molecule has 1 atom stereocenters. The largest absolute Gasteiger partial charge is 0.493 e. The zero-order valence-electron chi connectivity index (χ0n) is 7.11. The smallest absolute Gasteiger partial charge is 0.258 e. The first-order valence-corrected chi connectivity index (χ1v) is 3.80. The molecule has 1 aromatic heterocycles. The Morgan fingerprint density at radius 2 is 2.54 bits per heavy atom. The Kier molecular flexibility index (Phi) is 2.65. The minimum Gasteiger partial charge on any atom is -0.493 e. The van der Waals surface area contributed by atoms with Gasteiger partial charge >= 0.3 is 0 Å². The molecule has 1 aromatic rings. The van der Waals surface area contributed by atoms with Crippen LogP contribution in [0.4, 0.5) is 0 Å². The molecule has 0 saturated carbocycles. The predicted molar refractivity (Wildman–Crippen MR) is 45.2 cm³/mol. The molecule has 0 aromatic carbocycles. The van der Waals surface area contributed by atoms with Gasteiger partial charge in [-0.15, -0.1) is 0 Å². The Bertz CT molecular complexity index is 391. The number of hydrogen-bond donors (Lipinski definition) is 2. The van der Waals surface area contributed by atoms with Crippen LogP contribution in [0.15, 0.2) is 11.1 Å². The summed E-state index contributed by atoms with van der Waals surface area (Å²) in [4.78, 5) is 17.1. The van der Waals surface area contributed by atoms with E-state index in [1.165, 1.54) is 0 Å². The molecule has 1 rings (SSSR count). The van der Waals surface area contributed by atoms with Gasteiger partial charge in [-0.1, -0.05) is 6.92 Å². The number of nitrogens with zero attached hydrogens (tertiary/aromatic N) is 2. The lowest BCUT2D eigenvalue weighted by Crippen LogP contribution is -2.15. The first-order chi connectivity index (χ1) is 6.16. The van der Waals surface area contributed by atoms with E-state index in [9.17, 15) is 9.90 Å². The molecular formula is C8H9N3O2. The van der Waals surface area contributed by atoms with Crippen molar-refractivity contribution in [3.8, 4) is 11.9 Å². The SMILES string of the molecule is CC(CC#N)c1c(O)nc[nH]c1=O. The number of hydrogen-bond acceptors (Lipinski definition) is 4. The Balaban J connectivity index is 3.14. The van der Waals surface area contributed by atoms with Crippen LogP contribution in [-0.4, -0.2) is 15.1 Å². The van der Waals surface area contributed by atoms with Crippen molar-refractivity contribution in [2.75, 3.05) is 0 Å². The summed E-state index contributed by atoms with van der Waals surface area (Å²) >= 11 is 0. The summed E-state index contributed by atoms with van der Waals surface area (Å²) in [5.41, 5.74) is -0.223. The number of nitrogens with one attached hydrogen (secondary N) is 1. The van der Waals surface area contributed by atoms with Crippen molar-refractivity contribution < 1.29 is 5.11 Å². The second-order valence-corrected chi connectivity index (χ2v) is 2.73. The summed E-state index contributed by atoms with van der Waals surface area (Å²) in [5, 5.41) is 17.7. The van der Waals surface area contributed by atoms with E-state index < -0.39 is 5.56 Å². The first-order valence-electron chi connectivity index (χ1n) is 3.80. The van der Waals surface area contributed by atoms with E-state index in [-0.39, 0.29) is 23.8 Å². The molecule has 0 spiro atoms. The molecular weight excluding hydrogens is 170 g/mol. The fourth-order valence-electron chi connectivity index (χ4n) is 1.08. The quantitative estimate of drug-likeness (QED) is 0.691. The Morgan fingerprint density at radius 1 is 1.85 bits per heavy atom. The summed E-state index contributed by atoms with van der Waals surface area (Å²) < 4.78 is 0. The highest BCUT2D eigenvalue weighted by Gasteiger charge is 2.14. The van der Waals surface area contributed by atoms with Crippen LogP contribution in [0.1, 0.15) is 24.8 Å². The summed E-state index contributed by atoms with van der Waals surface area (Å²) in [6.07, 6.45) is 1.31. The highest BCUT2D eigenvalue weighted by molar-refractivity contribution is 5.25. The van der Waals surface area contributed by atoms with Crippen LogP contribution in [0.5, 0.6) is 5.88 Å². The van der Waals surface area contributed by atoms with Crippen molar-refractivity contribution in [2.24, 2.45) is 0 Å². The van der Waals surface area contributed by atoms with Gasteiger partial charge < -0.3 is 10.1 Å². The van der Waals surface area contributed by atoms with Crippen molar-refractivity contribution in [3.05, 3.63) is 22.2 Å². The zero-order valence-corrected chi connectivity index (χ0v) is 7.11. The van der Waals surface area contributed by atoms with E-state index in [1.807, 2.05) is 6.07 Å². The molecule has 0 radical (unpaired) electrons. The fourth-order valence-corrected chi connectivity index (χ4v) is 1.08. The molecule has 5 heteroatoms. The third-order valence-electron chi connectivity index (χ3n) is 1.76. The molecule has 0 aliphatic carbocycles. The molecule has 0 bridgehead atoms. The van der Waals surface area contributed by atoms with Crippen LogP contribution in [0.2, 0.25) is 0 Å². The molecule has 1 heterocycles. The zero-order chi connectivity index (χ0) is 9.84. The van der Waals surface area contributed by atoms with Gasteiger partial charge in [0.2, 0.25) is 5.88 Å². The van der Waals surface area contributed by atoms with Crippen molar-refractivity contribution in [3.63, 3.8) is 0 Å². The summed E-state index contributed by atoms with van der Waals surface area (Å²) in [5.74, 6) is -0.603. The van der Waals surface area contributed by atoms with Gasteiger partial charge in [-0.3, -0.25) is 4.79 Å². The average molecular weight is 179 g/mol. The molecule has 2 N–H and O–H groups in total. The van der Waals surface area contributed by atoms with Crippen molar-refractivity contribution in [1.29, 1.82) is 5.26 Å². The van der Waals surface area contributed by atoms with Crippen LogP contribution in [-0.2, 0) is 0 Å². The lowest BCUT2D eigenvalue weighted by molar-refractivity contribution is 0.437. The lowest BCUT2D eigenvalue weighted by Gasteiger charge is -2.06. The molecule has 0 aliphatic rings. The number of aromatic nitrogens is 2. The molecule has 5 nitrogen and oxygen atoms in total. The summed E-state index contributed by atoms with van der Waals surface area (Å²) in [6.45, 7) is 1.69. The van der Waals surface area contributed by atoms with Crippen LogP contribution in [0.25, 0.3) is 0 Å². The average Bonchev–Trinajstić information content (AvgIpc) is 2.04. The van der Waals surface area contributed by atoms with Gasteiger partial charge in [0.05, 0.1) is 18.0 Å². The molecule has 0 aliphatic heterocycles. The summed E-state index contributed by atoms with van der Waals surface area (Å²) in [6, 6.07) is 1.93. The molecule has 0 fully saturated rings. The summed E-state index contributed by atoms with van der Waals surface area (Å²) in [7, 11) is 0. The maximum Gasteiger partial charge on any atom is 0.258 e. The van der Waals surface area contributed by atoms with E-state index >= 15 is 0 Å². The van der Waals surface area contributed by atoms with Crippen LogP contribution >= 0.6 is 0 Å². The minimum absolute atomic E-state index is 0.170. The highest BCUT2D eigenvalue weighted by atomic mass is 16.3. The van der Waals surface area contributed by atoms with Gasteiger partial charge in [0.25, 0.3) is 5.56 Å². The molecule has 13 heavy (non-hydrogen) atoms. The first kappa shape index (κ1) is 9.26. The van der Waals surface area contributed by atoms with Crippen LogP contribution < -0.4 is 5.56 Å². The second-order valence-electron chi connectivity index (χ2n) is 2.73. The maximum atomic E-state index is 11.2. The standard InChI is InChI=1S/C8H9N3O2/c1-5(2-3-9)6-7(12)10-4-11-8(6)13/h4-5H,2H2,1H3,(H2,10,11,12,13). The normalized spacial score (nSPS) is 12.0. The monoisotopic (exact) mass is 179 g/mol. The van der Waals surface area contributed by atoms with Crippen LogP contribution in [0, 0.1) is 11.3 Å². The van der Waals surface area contributed by atoms with Crippen molar-refractivity contribution >= 4 is 0 Å². The Hall–Kier alpha value is -1.83. The second kappa shape index (κ2) is 3.72. The van der Waals surface area contributed by atoms with Crippen molar-refractivity contribution in [2.45, 2.75) is 19.3 Å². The van der Waals surface area contributed by atoms with Gasteiger partial charge in [-0.25, -0.2) is 4.98 Å². The van der Waals surface area contributed by atoms with Gasteiger partial charge in [-0.2, -0.15) is 5.26 Å². The maximum absolute atomic E-state index is 11.2.